The Bertz CT molecular complexity index is 633. The van der Waals surface area contributed by atoms with E-state index in [0.29, 0.717) is 5.56 Å². The van der Waals surface area contributed by atoms with Crippen molar-refractivity contribution in [2.45, 2.75) is 65.1 Å². The largest absolute Gasteiger partial charge is 0.490 e. The van der Waals surface area contributed by atoms with Crippen molar-refractivity contribution in [1.29, 1.82) is 0 Å². The molecule has 0 aliphatic carbocycles. The van der Waals surface area contributed by atoms with Crippen molar-refractivity contribution in [3.63, 3.8) is 0 Å². The molecule has 0 amide bonds. The molecule has 0 saturated carbocycles. The molecular formula is C20H29BO4. The van der Waals surface area contributed by atoms with Crippen molar-refractivity contribution in [2.75, 3.05) is 7.11 Å². The lowest BCUT2D eigenvalue weighted by Gasteiger charge is -2.32. The monoisotopic (exact) mass is 344 g/mol. The number of esters is 1. The first-order valence-corrected chi connectivity index (χ1v) is 8.95. The standard InChI is InChI=1S/C20H29BO4/c1-7-8-12-16(21-24-19(2,3)20(4,5)25-21)14-15-11-9-10-13-17(15)18(22)23-6/h9-11,13-14H,7-8,12H2,1-6H3/b16-14+. The molecular weight excluding hydrogens is 315 g/mol. The first-order chi connectivity index (χ1) is 11.7. The molecule has 0 N–H and O–H groups in total. The second kappa shape index (κ2) is 7.75. The Morgan fingerprint density at radius 3 is 2.32 bits per heavy atom. The van der Waals surface area contributed by atoms with Gasteiger partial charge < -0.3 is 14.0 Å². The van der Waals surface area contributed by atoms with E-state index in [0.717, 1.165) is 30.3 Å². The Labute approximate surface area is 151 Å². The van der Waals surface area contributed by atoms with E-state index in [9.17, 15) is 4.79 Å². The molecule has 1 heterocycles. The van der Waals surface area contributed by atoms with Gasteiger partial charge in [0, 0.05) is 0 Å². The van der Waals surface area contributed by atoms with E-state index in [-0.39, 0.29) is 17.2 Å². The van der Waals surface area contributed by atoms with Crippen LogP contribution in [0.15, 0.2) is 29.7 Å². The summed E-state index contributed by atoms with van der Waals surface area (Å²) in [6.07, 6.45) is 5.00. The van der Waals surface area contributed by atoms with E-state index in [1.165, 1.54) is 7.11 Å². The van der Waals surface area contributed by atoms with Gasteiger partial charge in [0.05, 0.1) is 23.9 Å². The van der Waals surface area contributed by atoms with Crippen LogP contribution in [0.2, 0.25) is 0 Å². The quantitative estimate of drug-likeness (QED) is 0.555. The van der Waals surface area contributed by atoms with Gasteiger partial charge >= 0.3 is 13.1 Å². The van der Waals surface area contributed by atoms with E-state index in [1.807, 2.05) is 52.0 Å². The highest BCUT2D eigenvalue weighted by atomic mass is 16.7. The molecule has 0 atom stereocenters. The number of allylic oxidation sites excluding steroid dienone is 1. The highest BCUT2D eigenvalue weighted by Gasteiger charge is 2.52. The predicted octanol–water partition coefficient (Wildman–Crippen LogP) is 4.68. The van der Waals surface area contributed by atoms with Crippen LogP contribution in [0.4, 0.5) is 0 Å². The average Bonchev–Trinajstić information content (AvgIpc) is 2.78. The van der Waals surface area contributed by atoms with Crippen LogP contribution in [0.1, 0.15) is 69.8 Å². The number of ether oxygens (including phenoxy) is 1. The zero-order valence-electron chi connectivity index (χ0n) is 16.2. The molecule has 136 valence electrons. The smallest absolute Gasteiger partial charge is 0.465 e. The summed E-state index contributed by atoms with van der Waals surface area (Å²) in [5.74, 6) is -0.337. The number of carbonyl (C=O) groups is 1. The highest BCUT2D eigenvalue weighted by Crippen LogP contribution is 2.39. The van der Waals surface area contributed by atoms with E-state index < -0.39 is 7.12 Å². The number of hydrogen-bond acceptors (Lipinski definition) is 4. The number of methoxy groups -OCH3 is 1. The third-order valence-electron chi connectivity index (χ3n) is 5.08. The van der Waals surface area contributed by atoms with Crippen LogP contribution < -0.4 is 0 Å². The van der Waals surface area contributed by atoms with Crippen LogP contribution in [0.5, 0.6) is 0 Å². The molecule has 1 aromatic rings. The molecule has 25 heavy (non-hydrogen) atoms. The minimum atomic E-state index is -0.401. The maximum Gasteiger partial charge on any atom is 0.490 e. The summed E-state index contributed by atoms with van der Waals surface area (Å²) in [7, 11) is 0.997. The van der Waals surface area contributed by atoms with Crippen molar-refractivity contribution in [2.24, 2.45) is 0 Å². The van der Waals surface area contributed by atoms with Gasteiger partial charge in [-0.15, -0.1) is 0 Å². The van der Waals surface area contributed by atoms with E-state index in [1.54, 1.807) is 6.07 Å². The van der Waals surface area contributed by atoms with Gasteiger partial charge in [-0.3, -0.25) is 0 Å². The number of unbranched alkanes of at least 4 members (excludes halogenated alkanes) is 1. The minimum absolute atomic E-state index is 0.337. The van der Waals surface area contributed by atoms with Gasteiger partial charge in [0.1, 0.15) is 0 Å². The fraction of sp³-hybridized carbons (Fsp3) is 0.550. The SMILES string of the molecule is CCCC/C(=C\c1ccccc1C(=O)OC)B1OC(C)(C)C(C)(C)O1. The van der Waals surface area contributed by atoms with Crippen LogP contribution in [0.3, 0.4) is 0 Å². The first-order valence-electron chi connectivity index (χ1n) is 8.95. The van der Waals surface area contributed by atoms with Crippen molar-refractivity contribution < 1.29 is 18.8 Å². The molecule has 2 rings (SSSR count). The van der Waals surface area contributed by atoms with Crippen LogP contribution in [-0.2, 0) is 14.0 Å². The van der Waals surface area contributed by atoms with Crippen molar-refractivity contribution in [3.8, 4) is 0 Å². The summed E-state index contributed by atoms with van der Waals surface area (Å²) >= 11 is 0. The lowest BCUT2D eigenvalue weighted by molar-refractivity contribution is 0.00578. The molecule has 0 aromatic heterocycles. The Morgan fingerprint density at radius 1 is 1.16 bits per heavy atom. The third kappa shape index (κ3) is 4.34. The van der Waals surface area contributed by atoms with Gasteiger partial charge in [-0.2, -0.15) is 0 Å². The van der Waals surface area contributed by atoms with Gasteiger partial charge in [0.2, 0.25) is 0 Å². The summed E-state index contributed by atoms with van der Waals surface area (Å²) in [5, 5.41) is 0. The maximum absolute atomic E-state index is 12.0. The Balaban J connectivity index is 2.39. The molecule has 1 fully saturated rings. The van der Waals surface area contributed by atoms with Gasteiger partial charge in [0.25, 0.3) is 0 Å². The molecule has 0 radical (unpaired) electrons. The molecule has 0 spiro atoms. The second-order valence-corrected chi connectivity index (χ2v) is 7.49. The number of rotatable bonds is 6. The number of hydrogen-bond donors (Lipinski definition) is 0. The molecule has 4 nitrogen and oxygen atoms in total. The van der Waals surface area contributed by atoms with Crippen molar-refractivity contribution in [1.82, 2.24) is 0 Å². The van der Waals surface area contributed by atoms with Gasteiger partial charge in [-0.25, -0.2) is 4.79 Å². The lowest BCUT2D eigenvalue weighted by Crippen LogP contribution is -2.41. The summed E-state index contributed by atoms with van der Waals surface area (Å²) in [6.45, 7) is 10.4. The van der Waals surface area contributed by atoms with Crippen molar-refractivity contribution >= 4 is 19.2 Å². The minimum Gasteiger partial charge on any atom is -0.465 e. The zero-order valence-corrected chi connectivity index (χ0v) is 16.2. The molecule has 1 aliphatic heterocycles. The number of benzene rings is 1. The topological polar surface area (TPSA) is 44.8 Å². The average molecular weight is 344 g/mol. The molecule has 1 saturated heterocycles. The second-order valence-electron chi connectivity index (χ2n) is 7.49. The number of carbonyl (C=O) groups excluding carboxylic acids is 1. The molecule has 5 heteroatoms. The van der Waals surface area contributed by atoms with Gasteiger partial charge in [-0.05, 0) is 51.2 Å². The summed E-state index contributed by atoms with van der Waals surface area (Å²) in [4.78, 5) is 12.0. The zero-order chi connectivity index (χ0) is 18.7. The summed E-state index contributed by atoms with van der Waals surface area (Å²) in [5.41, 5.74) is 1.66. The van der Waals surface area contributed by atoms with Crippen LogP contribution >= 0.6 is 0 Å². The van der Waals surface area contributed by atoms with Crippen LogP contribution in [-0.4, -0.2) is 31.4 Å². The maximum atomic E-state index is 12.0. The third-order valence-corrected chi connectivity index (χ3v) is 5.08. The highest BCUT2D eigenvalue weighted by molar-refractivity contribution is 6.55. The summed E-state index contributed by atoms with van der Waals surface area (Å²) < 4.78 is 17.3. The first kappa shape index (κ1) is 19.7. The van der Waals surface area contributed by atoms with Gasteiger partial charge in [0.15, 0.2) is 0 Å². The molecule has 1 aromatic carbocycles. The Kier molecular flexibility index (Phi) is 6.12. The Hall–Kier alpha value is -1.59. The fourth-order valence-electron chi connectivity index (χ4n) is 2.75. The van der Waals surface area contributed by atoms with E-state index in [2.05, 4.69) is 6.92 Å². The normalized spacial score (nSPS) is 19.1. The predicted molar refractivity (Wildman–Crippen MR) is 101 cm³/mol. The molecule has 0 unspecified atom stereocenters. The Morgan fingerprint density at radius 2 is 1.76 bits per heavy atom. The van der Waals surface area contributed by atoms with E-state index in [4.69, 9.17) is 14.0 Å². The van der Waals surface area contributed by atoms with Gasteiger partial charge in [-0.1, -0.05) is 44.0 Å². The molecule has 0 bridgehead atoms. The van der Waals surface area contributed by atoms with Crippen LogP contribution in [0, 0.1) is 0 Å². The fourth-order valence-corrected chi connectivity index (χ4v) is 2.75. The van der Waals surface area contributed by atoms with Crippen LogP contribution in [0.25, 0.3) is 6.08 Å². The van der Waals surface area contributed by atoms with E-state index >= 15 is 0 Å². The molecule has 1 aliphatic rings. The summed E-state index contributed by atoms with van der Waals surface area (Å²) in [6, 6.07) is 7.45. The van der Waals surface area contributed by atoms with Crippen molar-refractivity contribution in [3.05, 3.63) is 40.9 Å². The lowest BCUT2D eigenvalue weighted by atomic mass is 9.74.